The van der Waals surface area contributed by atoms with Crippen LogP contribution in [0.2, 0.25) is 0 Å². The third-order valence-electron chi connectivity index (χ3n) is 4.15. The van der Waals surface area contributed by atoms with E-state index in [0.717, 1.165) is 0 Å². The first-order valence-electron chi connectivity index (χ1n) is 7.22. The van der Waals surface area contributed by atoms with Crippen molar-refractivity contribution in [3.63, 3.8) is 0 Å². The van der Waals surface area contributed by atoms with E-state index >= 15 is 0 Å². The number of carboxylic acid groups (broad SMARTS) is 1. The topological polar surface area (TPSA) is 109 Å². The summed E-state index contributed by atoms with van der Waals surface area (Å²) in [6, 6.07) is 3.00. The zero-order chi connectivity index (χ0) is 16.9. The highest BCUT2D eigenvalue weighted by molar-refractivity contribution is 6.04. The molecule has 1 aromatic heterocycles. The lowest BCUT2D eigenvalue weighted by Gasteiger charge is -2.30. The highest BCUT2D eigenvalue weighted by Gasteiger charge is 2.28. The van der Waals surface area contributed by atoms with Gasteiger partial charge in [0, 0.05) is 24.7 Å². The van der Waals surface area contributed by atoms with Gasteiger partial charge in [0.2, 0.25) is 11.3 Å². The molecular formula is C16H16N2O5. The number of rotatable bonds is 2. The van der Waals surface area contributed by atoms with Crippen molar-refractivity contribution in [3.8, 4) is 0 Å². The predicted octanol–water partition coefficient (Wildman–Crippen LogP) is 1.66. The molecule has 0 radical (unpaired) electrons. The minimum atomic E-state index is -1.32. The number of anilines is 1. The van der Waals surface area contributed by atoms with Crippen LogP contribution in [0.5, 0.6) is 0 Å². The molecule has 2 aromatic rings. The van der Waals surface area contributed by atoms with E-state index < -0.39 is 17.5 Å². The predicted molar refractivity (Wildman–Crippen MR) is 83.8 cm³/mol. The molecule has 0 spiro atoms. The zero-order valence-corrected chi connectivity index (χ0v) is 12.7. The van der Waals surface area contributed by atoms with Gasteiger partial charge in [0.15, 0.2) is 0 Å². The number of carbonyl (C=O) groups is 2. The quantitative estimate of drug-likeness (QED) is 0.780. The Bertz CT molecular complexity index is 899. The molecule has 0 saturated heterocycles. The van der Waals surface area contributed by atoms with Crippen molar-refractivity contribution >= 4 is 28.5 Å². The fraction of sp³-hybridized carbons (Fsp3) is 0.312. The fourth-order valence-electron chi connectivity index (χ4n) is 3.14. The molecule has 0 saturated carbocycles. The first-order valence-corrected chi connectivity index (χ1v) is 7.22. The van der Waals surface area contributed by atoms with Crippen LogP contribution >= 0.6 is 0 Å². The molecule has 0 aliphatic carbocycles. The van der Waals surface area contributed by atoms with Gasteiger partial charge in [-0.1, -0.05) is 6.07 Å². The molecule has 120 valence electrons. The van der Waals surface area contributed by atoms with Gasteiger partial charge in [0.1, 0.15) is 5.56 Å². The number of pyridine rings is 1. The van der Waals surface area contributed by atoms with Gasteiger partial charge < -0.3 is 20.1 Å². The average molecular weight is 316 g/mol. The molecule has 7 nitrogen and oxygen atoms in total. The molecule has 2 unspecified atom stereocenters. The summed E-state index contributed by atoms with van der Waals surface area (Å²) in [7, 11) is 0. The average Bonchev–Trinajstić information content (AvgIpc) is 2.45. The molecule has 1 amide bonds. The van der Waals surface area contributed by atoms with Crippen LogP contribution < -0.4 is 10.7 Å². The Balaban J connectivity index is 2.50. The minimum absolute atomic E-state index is 0.114. The van der Waals surface area contributed by atoms with Gasteiger partial charge in [-0.15, -0.1) is 0 Å². The molecule has 0 fully saturated rings. The number of nitrogens with one attached hydrogen (secondary N) is 1. The van der Waals surface area contributed by atoms with Gasteiger partial charge in [-0.25, -0.2) is 4.79 Å². The van der Waals surface area contributed by atoms with Crippen LogP contribution in [0.15, 0.2) is 23.1 Å². The van der Waals surface area contributed by atoms with Gasteiger partial charge >= 0.3 is 5.97 Å². The SMILES string of the molecule is CC(=O)Nc1ccc2c3c1c(=O)c(C(=O)O)cn3C(C)CC2O. The maximum Gasteiger partial charge on any atom is 0.341 e. The minimum Gasteiger partial charge on any atom is -0.477 e. The summed E-state index contributed by atoms with van der Waals surface area (Å²) >= 11 is 0. The fourth-order valence-corrected chi connectivity index (χ4v) is 3.14. The molecule has 1 aliphatic heterocycles. The van der Waals surface area contributed by atoms with Gasteiger partial charge in [-0.05, 0) is 19.4 Å². The van der Waals surface area contributed by atoms with Gasteiger partial charge in [-0.2, -0.15) is 0 Å². The number of carboxylic acids is 1. The number of benzene rings is 1. The monoisotopic (exact) mass is 316 g/mol. The summed E-state index contributed by atoms with van der Waals surface area (Å²) < 4.78 is 1.69. The zero-order valence-electron chi connectivity index (χ0n) is 12.7. The van der Waals surface area contributed by atoms with E-state index in [2.05, 4.69) is 5.32 Å². The van der Waals surface area contributed by atoms with Crippen LogP contribution in [0.1, 0.15) is 48.3 Å². The van der Waals surface area contributed by atoms with Gasteiger partial charge in [-0.3, -0.25) is 9.59 Å². The van der Waals surface area contributed by atoms with Crippen molar-refractivity contribution < 1.29 is 19.8 Å². The molecule has 7 heteroatoms. The number of aromatic carboxylic acids is 1. The lowest BCUT2D eigenvalue weighted by Crippen LogP contribution is -2.26. The smallest absolute Gasteiger partial charge is 0.341 e. The number of nitrogens with zero attached hydrogens (tertiary/aromatic N) is 1. The van der Waals surface area contributed by atoms with Crippen molar-refractivity contribution in [3.05, 3.63) is 39.7 Å². The van der Waals surface area contributed by atoms with Crippen molar-refractivity contribution in [1.29, 1.82) is 0 Å². The van der Waals surface area contributed by atoms with E-state index in [-0.39, 0.29) is 28.6 Å². The van der Waals surface area contributed by atoms with Crippen molar-refractivity contribution in [2.45, 2.75) is 32.4 Å². The van der Waals surface area contributed by atoms with E-state index in [1.54, 1.807) is 10.6 Å². The number of hydrogen-bond donors (Lipinski definition) is 3. The van der Waals surface area contributed by atoms with Crippen molar-refractivity contribution in [2.75, 3.05) is 5.32 Å². The number of aliphatic hydroxyl groups is 1. The molecule has 2 heterocycles. The second-order valence-electron chi connectivity index (χ2n) is 5.79. The first-order chi connectivity index (χ1) is 10.8. The van der Waals surface area contributed by atoms with E-state index in [9.17, 15) is 24.6 Å². The van der Waals surface area contributed by atoms with E-state index in [4.69, 9.17) is 0 Å². The summed E-state index contributed by atoms with van der Waals surface area (Å²) in [4.78, 5) is 35.4. The molecule has 23 heavy (non-hydrogen) atoms. The molecule has 1 aromatic carbocycles. The van der Waals surface area contributed by atoms with Gasteiger partial charge in [0.05, 0.1) is 22.7 Å². The molecule has 2 atom stereocenters. The molecule has 3 N–H and O–H groups in total. The van der Waals surface area contributed by atoms with E-state index in [1.807, 2.05) is 6.92 Å². The first kappa shape index (κ1) is 15.2. The van der Waals surface area contributed by atoms with Crippen molar-refractivity contribution in [1.82, 2.24) is 4.57 Å². The molecule has 3 rings (SSSR count). The number of carbonyl (C=O) groups excluding carboxylic acids is 1. The highest BCUT2D eigenvalue weighted by atomic mass is 16.4. The Hall–Kier alpha value is -2.67. The molecule has 0 bridgehead atoms. The second-order valence-corrected chi connectivity index (χ2v) is 5.79. The number of amides is 1. The Labute approximate surface area is 131 Å². The number of aliphatic hydroxyl groups excluding tert-OH is 1. The Morgan fingerprint density at radius 3 is 2.65 bits per heavy atom. The molecule has 1 aliphatic rings. The van der Waals surface area contributed by atoms with Crippen molar-refractivity contribution in [2.24, 2.45) is 0 Å². The number of hydrogen-bond acceptors (Lipinski definition) is 4. The summed E-state index contributed by atoms with van der Waals surface area (Å²) in [6.07, 6.45) is 0.989. The maximum absolute atomic E-state index is 12.6. The molecular weight excluding hydrogens is 300 g/mol. The largest absolute Gasteiger partial charge is 0.477 e. The van der Waals surface area contributed by atoms with Crippen LogP contribution in [-0.4, -0.2) is 26.7 Å². The standard InChI is InChI=1S/C16H16N2O5/c1-7-5-12(20)9-3-4-11(17-8(2)19)13-14(9)18(7)6-10(15(13)21)16(22)23/h3-4,6-7,12,20H,5H2,1-2H3,(H,17,19)(H,22,23). The second kappa shape index (κ2) is 5.20. The van der Waals surface area contributed by atoms with E-state index in [0.29, 0.717) is 17.5 Å². The van der Waals surface area contributed by atoms with Crippen LogP contribution in [0.4, 0.5) is 5.69 Å². The van der Waals surface area contributed by atoms with Crippen LogP contribution in [0, 0.1) is 0 Å². The Morgan fingerprint density at radius 1 is 1.35 bits per heavy atom. The Morgan fingerprint density at radius 2 is 2.04 bits per heavy atom. The lowest BCUT2D eigenvalue weighted by atomic mass is 9.93. The highest BCUT2D eigenvalue weighted by Crippen LogP contribution is 2.38. The summed E-state index contributed by atoms with van der Waals surface area (Å²) in [5, 5.41) is 22.2. The third-order valence-corrected chi connectivity index (χ3v) is 4.15. The third kappa shape index (κ3) is 2.29. The van der Waals surface area contributed by atoms with E-state index in [1.165, 1.54) is 19.2 Å². The van der Waals surface area contributed by atoms with Crippen LogP contribution in [-0.2, 0) is 4.79 Å². The summed E-state index contributed by atoms with van der Waals surface area (Å²) in [5.74, 6) is -1.69. The lowest BCUT2D eigenvalue weighted by molar-refractivity contribution is -0.114. The van der Waals surface area contributed by atoms with Crippen LogP contribution in [0.25, 0.3) is 10.9 Å². The summed E-state index contributed by atoms with van der Waals surface area (Å²) in [5.41, 5.74) is 0.248. The van der Waals surface area contributed by atoms with Crippen LogP contribution in [0.3, 0.4) is 0 Å². The number of aromatic nitrogens is 1. The maximum atomic E-state index is 12.6. The Kier molecular flexibility index (Phi) is 3.45. The van der Waals surface area contributed by atoms with Gasteiger partial charge in [0.25, 0.3) is 0 Å². The normalized spacial score (nSPS) is 19.6. The summed E-state index contributed by atoms with van der Waals surface area (Å²) in [6.45, 7) is 3.15.